The van der Waals surface area contributed by atoms with Crippen molar-refractivity contribution in [2.24, 2.45) is 18.4 Å². The first kappa shape index (κ1) is 14.1. The Morgan fingerprint density at radius 2 is 2.33 bits per heavy atom. The summed E-state index contributed by atoms with van der Waals surface area (Å²) in [7, 11) is 1.86. The fourth-order valence-electron chi connectivity index (χ4n) is 3.87. The van der Waals surface area contributed by atoms with Gasteiger partial charge in [-0.25, -0.2) is 0 Å². The second kappa shape index (κ2) is 5.16. The number of carboxylic acids is 1. The third kappa shape index (κ3) is 2.32. The van der Waals surface area contributed by atoms with Gasteiger partial charge in [-0.2, -0.15) is 5.10 Å². The van der Waals surface area contributed by atoms with Gasteiger partial charge >= 0.3 is 5.97 Å². The van der Waals surface area contributed by atoms with Crippen LogP contribution >= 0.6 is 0 Å². The first-order valence-corrected chi connectivity index (χ1v) is 7.51. The number of hydrogen-bond acceptors (Lipinski definition) is 3. The Hall–Kier alpha value is -1.85. The van der Waals surface area contributed by atoms with Gasteiger partial charge in [0.15, 0.2) is 0 Å². The predicted octanol–water partition coefficient (Wildman–Crippen LogP) is 1.07. The van der Waals surface area contributed by atoms with Crippen molar-refractivity contribution in [3.05, 3.63) is 18.0 Å². The molecule has 0 unspecified atom stereocenters. The average Bonchev–Trinajstić information content (AvgIpc) is 3.09. The van der Waals surface area contributed by atoms with E-state index in [1.165, 1.54) is 0 Å². The average molecular weight is 291 g/mol. The summed E-state index contributed by atoms with van der Waals surface area (Å²) in [5.41, 5.74) is 0.345. The van der Waals surface area contributed by atoms with Gasteiger partial charge < -0.3 is 10.0 Å². The van der Waals surface area contributed by atoms with Crippen LogP contribution in [0.5, 0.6) is 0 Å². The molecule has 1 aliphatic heterocycles. The highest BCUT2D eigenvalue weighted by Crippen LogP contribution is 2.48. The number of nitrogens with zero attached hydrogens (tertiary/aromatic N) is 3. The first-order chi connectivity index (χ1) is 10.0. The normalized spacial score (nSPS) is 27.9. The summed E-state index contributed by atoms with van der Waals surface area (Å²) in [6, 6.07) is 1.91. The third-order valence-corrected chi connectivity index (χ3v) is 5.17. The zero-order valence-electron chi connectivity index (χ0n) is 12.3. The smallest absolute Gasteiger partial charge is 0.311 e. The SMILES string of the molecule is Cn1nccc1CCC(=O)N1C[C@@H]2CCC[C@@]2(C(=O)O)C1. The number of carbonyl (C=O) groups excluding carboxylic acids is 1. The van der Waals surface area contributed by atoms with E-state index in [4.69, 9.17) is 0 Å². The molecule has 0 spiro atoms. The molecule has 0 bridgehead atoms. The van der Waals surface area contributed by atoms with Gasteiger partial charge in [-0.1, -0.05) is 6.42 Å². The van der Waals surface area contributed by atoms with Gasteiger partial charge in [0.25, 0.3) is 0 Å². The van der Waals surface area contributed by atoms with Gasteiger partial charge in [-0.05, 0) is 31.2 Å². The number of hydrogen-bond donors (Lipinski definition) is 1. The van der Waals surface area contributed by atoms with Gasteiger partial charge in [0.05, 0.1) is 5.41 Å². The van der Waals surface area contributed by atoms with Gasteiger partial charge in [0.1, 0.15) is 0 Å². The Labute approximate surface area is 123 Å². The molecule has 1 N–H and O–H groups in total. The zero-order chi connectivity index (χ0) is 15.0. The lowest BCUT2D eigenvalue weighted by Gasteiger charge is -2.23. The minimum atomic E-state index is -0.730. The van der Waals surface area contributed by atoms with Crippen LogP contribution in [0.1, 0.15) is 31.4 Å². The van der Waals surface area contributed by atoms with Crippen molar-refractivity contribution in [2.75, 3.05) is 13.1 Å². The highest BCUT2D eigenvalue weighted by Gasteiger charge is 2.55. The number of aryl methyl sites for hydroxylation is 2. The molecule has 2 fully saturated rings. The molecule has 3 rings (SSSR count). The van der Waals surface area contributed by atoms with Crippen LogP contribution in [0.25, 0.3) is 0 Å². The van der Waals surface area contributed by atoms with Crippen molar-refractivity contribution in [3.8, 4) is 0 Å². The first-order valence-electron chi connectivity index (χ1n) is 7.51. The second-order valence-corrected chi connectivity index (χ2v) is 6.27. The number of aliphatic carboxylic acids is 1. The number of carbonyl (C=O) groups is 2. The molecule has 2 aliphatic rings. The lowest BCUT2D eigenvalue weighted by atomic mass is 9.81. The van der Waals surface area contributed by atoms with E-state index in [9.17, 15) is 14.7 Å². The standard InChI is InChI=1S/C15H21N3O3/c1-17-12(6-8-16-17)4-5-13(19)18-9-11-3-2-7-15(11,10-18)14(20)21/h6,8,11H,2-5,7,9-10H2,1H3,(H,20,21)/t11-,15+/m0/s1. The third-order valence-electron chi connectivity index (χ3n) is 5.17. The summed E-state index contributed by atoms with van der Waals surface area (Å²) in [6.45, 7) is 0.994. The minimum Gasteiger partial charge on any atom is -0.481 e. The van der Waals surface area contributed by atoms with E-state index in [-0.39, 0.29) is 11.8 Å². The molecule has 6 heteroatoms. The van der Waals surface area contributed by atoms with Crippen molar-refractivity contribution in [1.29, 1.82) is 0 Å². The van der Waals surface area contributed by atoms with Gasteiger partial charge in [0, 0.05) is 38.4 Å². The van der Waals surface area contributed by atoms with Gasteiger partial charge in [0.2, 0.25) is 5.91 Å². The number of fused-ring (bicyclic) bond motifs is 1. The summed E-state index contributed by atoms with van der Waals surface area (Å²) in [5.74, 6) is -0.534. The summed E-state index contributed by atoms with van der Waals surface area (Å²) in [4.78, 5) is 25.7. The summed E-state index contributed by atoms with van der Waals surface area (Å²) < 4.78 is 1.77. The Kier molecular flexibility index (Phi) is 3.47. The molecule has 1 aromatic heterocycles. The fourth-order valence-corrected chi connectivity index (χ4v) is 3.87. The van der Waals surface area contributed by atoms with Crippen molar-refractivity contribution in [3.63, 3.8) is 0 Å². The molecule has 1 aromatic rings. The molecule has 2 atom stereocenters. The van der Waals surface area contributed by atoms with Gasteiger partial charge in [-0.3, -0.25) is 14.3 Å². The van der Waals surface area contributed by atoms with Crippen LogP contribution in [0.3, 0.4) is 0 Å². The number of rotatable bonds is 4. The van der Waals surface area contributed by atoms with Crippen LogP contribution in [-0.4, -0.2) is 44.8 Å². The van der Waals surface area contributed by atoms with E-state index < -0.39 is 11.4 Å². The number of likely N-dealkylation sites (tertiary alicyclic amines) is 1. The Morgan fingerprint density at radius 3 is 2.95 bits per heavy atom. The van der Waals surface area contributed by atoms with E-state index >= 15 is 0 Å². The Morgan fingerprint density at radius 1 is 1.52 bits per heavy atom. The fraction of sp³-hybridized carbons (Fsp3) is 0.667. The molecule has 0 aromatic carbocycles. The van der Waals surface area contributed by atoms with Gasteiger partial charge in [-0.15, -0.1) is 0 Å². The molecule has 0 radical (unpaired) electrons. The molecule has 1 saturated carbocycles. The molecular weight excluding hydrogens is 270 g/mol. The maximum Gasteiger partial charge on any atom is 0.311 e. The van der Waals surface area contributed by atoms with E-state index in [0.717, 1.165) is 18.5 Å². The summed E-state index contributed by atoms with van der Waals surface area (Å²) >= 11 is 0. The van der Waals surface area contributed by atoms with Crippen molar-refractivity contribution >= 4 is 11.9 Å². The van der Waals surface area contributed by atoms with Crippen LogP contribution in [0.4, 0.5) is 0 Å². The minimum absolute atomic E-state index is 0.0613. The monoisotopic (exact) mass is 291 g/mol. The topological polar surface area (TPSA) is 75.4 Å². The van der Waals surface area contributed by atoms with Crippen LogP contribution in [0.2, 0.25) is 0 Å². The van der Waals surface area contributed by atoms with Crippen LogP contribution in [0, 0.1) is 11.3 Å². The van der Waals surface area contributed by atoms with Crippen LogP contribution < -0.4 is 0 Å². The molecule has 6 nitrogen and oxygen atoms in total. The molecule has 114 valence electrons. The predicted molar refractivity (Wildman–Crippen MR) is 75.5 cm³/mol. The molecule has 1 amide bonds. The quantitative estimate of drug-likeness (QED) is 0.900. The van der Waals surface area contributed by atoms with E-state index in [1.807, 2.05) is 13.1 Å². The number of aromatic nitrogens is 2. The van der Waals surface area contributed by atoms with Crippen molar-refractivity contribution in [1.82, 2.24) is 14.7 Å². The largest absolute Gasteiger partial charge is 0.481 e. The maximum atomic E-state index is 12.4. The second-order valence-electron chi connectivity index (χ2n) is 6.27. The lowest BCUT2D eigenvalue weighted by Crippen LogP contribution is -2.37. The van der Waals surface area contributed by atoms with E-state index in [2.05, 4.69) is 5.10 Å². The number of carboxylic acid groups (broad SMARTS) is 1. The van der Waals surface area contributed by atoms with Crippen molar-refractivity contribution in [2.45, 2.75) is 32.1 Å². The molecular formula is C15H21N3O3. The van der Waals surface area contributed by atoms with E-state index in [0.29, 0.717) is 32.4 Å². The summed E-state index contributed by atoms with van der Waals surface area (Å²) in [6.07, 6.45) is 5.39. The Bertz CT molecular complexity index is 568. The van der Waals surface area contributed by atoms with E-state index in [1.54, 1.807) is 15.8 Å². The lowest BCUT2D eigenvalue weighted by molar-refractivity contribution is -0.149. The Balaban J connectivity index is 1.62. The molecule has 21 heavy (non-hydrogen) atoms. The highest BCUT2D eigenvalue weighted by atomic mass is 16.4. The van der Waals surface area contributed by atoms with Crippen LogP contribution in [-0.2, 0) is 23.1 Å². The molecule has 1 aliphatic carbocycles. The zero-order valence-corrected chi connectivity index (χ0v) is 12.3. The molecule has 2 heterocycles. The highest BCUT2D eigenvalue weighted by molar-refractivity contribution is 5.81. The molecule has 1 saturated heterocycles. The number of amides is 1. The van der Waals surface area contributed by atoms with Crippen molar-refractivity contribution < 1.29 is 14.7 Å². The summed E-state index contributed by atoms with van der Waals surface area (Å²) in [5, 5.41) is 13.6. The van der Waals surface area contributed by atoms with Crippen LogP contribution in [0.15, 0.2) is 12.3 Å². The maximum absolute atomic E-state index is 12.4.